The fourth-order valence-electron chi connectivity index (χ4n) is 3.02. The molecule has 4 rings (SSSR count). The van der Waals surface area contributed by atoms with Gasteiger partial charge in [0.2, 0.25) is 5.71 Å². The normalized spacial score (nSPS) is 12.2. The SMILES string of the molecule is O=C1c2ccccc2C(=NN(c2ccccc2)[N+](=O)[O-])c2ccccc21. The Morgan fingerprint density at radius 1 is 0.731 bits per heavy atom. The summed E-state index contributed by atoms with van der Waals surface area (Å²) in [6.45, 7) is 0. The molecule has 0 saturated heterocycles. The van der Waals surface area contributed by atoms with E-state index in [1.165, 1.54) is 0 Å². The molecule has 0 fully saturated rings. The van der Waals surface area contributed by atoms with Crippen LogP contribution in [0.25, 0.3) is 0 Å². The third-order valence-corrected chi connectivity index (χ3v) is 4.19. The summed E-state index contributed by atoms with van der Waals surface area (Å²) in [6, 6.07) is 22.5. The van der Waals surface area contributed by atoms with Crippen molar-refractivity contribution in [3.63, 3.8) is 0 Å². The molecule has 0 heterocycles. The summed E-state index contributed by atoms with van der Waals surface area (Å²) in [6.07, 6.45) is 0. The van der Waals surface area contributed by atoms with Crippen molar-refractivity contribution < 1.29 is 9.83 Å². The number of anilines is 1. The van der Waals surface area contributed by atoms with Crippen LogP contribution < -0.4 is 5.12 Å². The van der Waals surface area contributed by atoms with Crippen molar-refractivity contribution in [3.8, 4) is 0 Å². The molecular weight excluding hydrogens is 330 g/mol. The van der Waals surface area contributed by atoms with E-state index in [1.54, 1.807) is 78.9 Å². The van der Waals surface area contributed by atoms with Gasteiger partial charge >= 0.3 is 0 Å². The number of hydrogen-bond acceptors (Lipinski definition) is 4. The lowest BCUT2D eigenvalue weighted by molar-refractivity contribution is -0.495. The Balaban J connectivity index is 1.96. The Morgan fingerprint density at radius 2 is 1.19 bits per heavy atom. The van der Waals surface area contributed by atoms with E-state index in [9.17, 15) is 14.9 Å². The highest BCUT2D eigenvalue weighted by atomic mass is 16.7. The fraction of sp³-hybridized carbons (Fsp3) is 0. The fourth-order valence-corrected chi connectivity index (χ4v) is 3.02. The molecule has 1 aliphatic rings. The van der Waals surface area contributed by atoms with Crippen molar-refractivity contribution in [2.45, 2.75) is 0 Å². The van der Waals surface area contributed by atoms with Crippen LogP contribution in [-0.2, 0) is 0 Å². The Bertz CT molecular complexity index is 993. The summed E-state index contributed by atoms with van der Waals surface area (Å²) in [4.78, 5) is 24.4. The minimum absolute atomic E-state index is 0.109. The summed E-state index contributed by atoms with van der Waals surface area (Å²) >= 11 is 0. The number of hydrazone groups is 1. The summed E-state index contributed by atoms with van der Waals surface area (Å²) in [5.74, 6) is -0.109. The van der Waals surface area contributed by atoms with Gasteiger partial charge in [-0.05, 0) is 24.3 Å². The number of hydrazine groups is 1. The highest BCUT2D eigenvalue weighted by molar-refractivity contribution is 6.30. The van der Waals surface area contributed by atoms with Crippen molar-refractivity contribution >= 4 is 17.2 Å². The van der Waals surface area contributed by atoms with Crippen molar-refractivity contribution in [3.05, 3.63) is 111 Å². The minimum atomic E-state index is -0.579. The first-order valence-electron chi connectivity index (χ1n) is 7.98. The highest BCUT2D eigenvalue weighted by Gasteiger charge is 2.32. The van der Waals surface area contributed by atoms with Gasteiger partial charge in [-0.15, -0.1) is 0 Å². The van der Waals surface area contributed by atoms with E-state index in [4.69, 9.17) is 0 Å². The van der Waals surface area contributed by atoms with Gasteiger partial charge in [-0.3, -0.25) is 4.79 Å². The van der Waals surface area contributed by atoms with E-state index < -0.39 is 5.03 Å². The second kappa shape index (κ2) is 6.25. The van der Waals surface area contributed by atoms with Gasteiger partial charge in [-0.1, -0.05) is 54.6 Å². The standard InChI is InChI=1S/C20H13N3O3/c24-20-17-12-6-4-10-15(17)19(16-11-5-7-13-18(16)20)21-22(23(25)26)14-8-2-1-3-9-14/h1-13H. The molecule has 0 amide bonds. The maximum absolute atomic E-state index is 12.7. The third-order valence-electron chi connectivity index (χ3n) is 4.19. The van der Waals surface area contributed by atoms with E-state index in [0.29, 0.717) is 33.7 Å². The number of rotatable bonds is 3. The summed E-state index contributed by atoms with van der Waals surface area (Å²) < 4.78 is 0. The van der Waals surface area contributed by atoms with Gasteiger partial charge in [0.1, 0.15) is 5.69 Å². The number of carbonyl (C=O) groups excluding carboxylic acids is 1. The van der Waals surface area contributed by atoms with Crippen LogP contribution in [0.15, 0.2) is 84.0 Å². The first-order valence-corrected chi connectivity index (χ1v) is 7.98. The van der Waals surface area contributed by atoms with Gasteiger partial charge in [0.05, 0.1) is 10.1 Å². The van der Waals surface area contributed by atoms with Crippen LogP contribution in [0, 0.1) is 10.1 Å². The van der Waals surface area contributed by atoms with Gasteiger partial charge in [-0.25, -0.2) is 0 Å². The van der Waals surface area contributed by atoms with Crippen LogP contribution in [0.4, 0.5) is 5.69 Å². The second-order valence-corrected chi connectivity index (χ2v) is 5.73. The summed E-state index contributed by atoms with van der Waals surface area (Å²) in [5.41, 5.74) is 2.87. The predicted octanol–water partition coefficient (Wildman–Crippen LogP) is 3.68. The lowest BCUT2D eigenvalue weighted by Crippen LogP contribution is -2.29. The molecule has 1 aliphatic carbocycles. The van der Waals surface area contributed by atoms with Crippen molar-refractivity contribution in [2.24, 2.45) is 5.10 Å². The van der Waals surface area contributed by atoms with E-state index >= 15 is 0 Å². The lowest BCUT2D eigenvalue weighted by Gasteiger charge is -2.18. The van der Waals surface area contributed by atoms with Gasteiger partial charge in [-0.2, -0.15) is 0 Å². The second-order valence-electron chi connectivity index (χ2n) is 5.73. The molecule has 0 radical (unpaired) electrons. The third kappa shape index (κ3) is 2.53. The number of carbonyl (C=O) groups is 1. The molecule has 126 valence electrons. The highest BCUT2D eigenvalue weighted by Crippen LogP contribution is 2.28. The number of fused-ring (bicyclic) bond motifs is 2. The first-order chi connectivity index (χ1) is 12.7. The molecule has 6 nitrogen and oxygen atoms in total. The number of para-hydroxylation sites is 1. The average Bonchev–Trinajstić information content (AvgIpc) is 2.68. The molecule has 0 atom stereocenters. The molecule has 3 aromatic rings. The quantitative estimate of drug-likeness (QED) is 0.420. The number of hydrogen-bond donors (Lipinski definition) is 0. The van der Waals surface area contributed by atoms with Crippen LogP contribution in [0.5, 0.6) is 0 Å². The Labute approximate surface area is 149 Å². The molecular formula is C20H13N3O3. The molecule has 0 N–H and O–H groups in total. The molecule has 3 aromatic carbocycles. The molecule has 0 spiro atoms. The van der Waals surface area contributed by atoms with Crippen LogP contribution in [0.3, 0.4) is 0 Å². The van der Waals surface area contributed by atoms with Crippen molar-refractivity contribution in [1.82, 2.24) is 0 Å². The van der Waals surface area contributed by atoms with Crippen molar-refractivity contribution in [2.75, 3.05) is 5.12 Å². The Morgan fingerprint density at radius 3 is 1.69 bits per heavy atom. The average molecular weight is 343 g/mol. The van der Waals surface area contributed by atoms with E-state index in [1.807, 2.05) is 0 Å². The van der Waals surface area contributed by atoms with Crippen LogP contribution in [0.1, 0.15) is 27.0 Å². The zero-order valence-electron chi connectivity index (χ0n) is 13.6. The van der Waals surface area contributed by atoms with Crippen molar-refractivity contribution in [1.29, 1.82) is 0 Å². The number of benzene rings is 3. The van der Waals surface area contributed by atoms with Gasteiger partial charge in [0.15, 0.2) is 5.78 Å². The molecule has 0 aromatic heterocycles. The molecule has 6 heteroatoms. The topological polar surface area (TPSA) is 75.8 Å². The van der Waals surface area contributed by atoms with Crippen LogP contribution in [0.2, 0.25) is 0 Å². The maximum atomic E-state index is 12.7. The summed E-state index contributed by atoms with van der Waals surface area (Å²) in [7, 11) is 0. The molecule has 0 aliphatic heterocycles. The Kier molecular flexibility index (Phi) is 3.78. The van der Waals surface area contributed by atoms with Crippen LogP contribution in [-0.4, -0.2) is 16.5 Å². The van der Waals surface area contributed by atoms with Crippen LogP contribution >= 0.6 is 0 Å². The number of ketones is 1. The molecule has 0 unspecified atom stereocenters. The first kappa shape index (κ1) is 15.7. The van der Waals surface area contributed by atoms with E-state index in [-0.39, 0.29) is 5.78 Å². The molecule has 0 bridgehead atoms. The summed E-state index contributed by atoms with van der Waals surface area (Å²) in [5, 5.41) is 16.1. The zero-order valence-corrected chi connectivity index (χ0v) is 13.6. The maximum Gasteiger partial charge on any atom is 0.217 e. The lowest BCUT2D eigenvalue weighted by atomic mass is 9.84. The monoisotopic (exact) mass is 343 g/mol. The zero-order chi connectivity index (χ0) is 18.1. The smallest absolute Gasteiger partial charge is 0.217 e. The number of nitrogens with zero attached hydrogens (tertiary/aromatic N) is 3. The molecule has 0 saturated carbocycles. The largest absolute Gasteiger partial charge is 0.339 e. The minimum Gasteiger partial charge on any atom is -0.339 e. The Hall–Kier alpha value is -3.80. The van der Waals surface area contributed by atoms with Gasteiger partial charge < -0.3 is 10.1 Å². The number of nitro groups is 1. The van der Waals surface area contributed by atoms with E-state index in [0.717, 1.165) is 5.12 Å². The van der Waals surface area contributed by atoms with Gasteiger partial charge in [0.25, 0.3) is 0 Å². The van der Waals surface area contributed by atoms with E-state index in [2.05, 4.69) is 5.10 Å². The molecule has 26 heavy (non-hydrogen) atoms. The van der Waals surface area contributed by atoms with Gasteiger partial charge in [0, 0.05) is 27.4 Å². The predicted molar refractivity (Wildman–Crippen MR) is 97.9 cm³/mol.